The predicted molar refractivity (Wildman–Crippen MR) is 129 cm³/mol. The number of carbonyl (C=O) groups is 2. The zero-order chi connectivity index (χ0) is 22.9. The lowest BCUT2D eigenvalue weighted by atomic mass is 9.86. The number of aryl methyl sites for hydroxylation is 1. The monoisotopic (exact) mass is 459 g/mol. The molecule has 32 heavy (non-hydrogen) atoms. The number of amides is 2. The van der Waals surface area contributed by atoms with E-state index in [0.29, 0.717) is 32.0 Å². The van der Waals surface area contributed by atoms with Crippen molar-refractivity contribution in [1.82, 2.24) is 14.8 Å². The van der Waals surface area contributed by atoms with Crippen LogP contribution in [0.15, 0.2) is 12.1 Å². The second-order valence-corrected chi connectivity index (χ2v) is 10.8. The van der Waals surface area contributed by atoms with Crippen molar-refractivity contribution in [3.63, 3.8) is 0 Å². The molecule has 0 aromatic carbocycles. The lowest BCUT2D eigenvalue weighted by molar-refractivity contribution is -0.134. The van der Waals surface area contributed by atoms with Crippen LogP contribution in [0.4, 0.5) is 0 Å². The molecule has 1 saturated carbocycles. The fourth-order valence-corrected chi connectivity index (χ4v) is 6.17. The molecule has 4 rings (SSSR count). The molecule has 0 saturated heterocycles. The average molecular weight is 460 g/mol. The molecule has 1 N–H and O–H groups in total. The summed E-state index contributed by atoms with van der Waals surface area (Å²) in [6.45, 7) is 10.6. The Kier molecular flexibility index (Phi) is 6.96. The quantitative estimate of drug-likeness (QED) is 0.587. The first kappa shape index (κ1) is 23.3. The number of aromatic nitrogens is 1. The number of carbonyl (C=O) groups excluding carboxylic acids is 2. The third-order valence-electron chi connectivity index (χ3n) is 7.23. The molecule has 1 aliphatic heterocycles. The number of hydrogen-bond donors (Lipinski definition) is 1. The summed E-state index contributed by atoms with van der Waals surface area (Å²) in [5.74, 6) is 0.650. The van der Waals surface area contributed by atoms with Crippen LogP contribution in [0.5, 0.6) is 0 Å². The zero-order valence-electron chi connectivity index (χ0n) is 19.9. The van der Waals surface area contributed by atoms with Crippen molar-refractivity contribution in [3.8, 4) is 0 Å². The van der Waals surface area contributed by atoms with Gasteiger partial charge in [0.05, 0.1) is 16.8 Å². The Bertz CT molecular complexity index is 973. The molecule has 1 atom stereocenters. The van der Waals surface area contributed by atoms with Gasteiger partial charge in [-0.2, -0.15) is 0 Å². The first-order chi connectivity index (χ1) is 15.4. The minimum atomic E-state index is -0.917. The van der Waals surface area contributed by atoms with Crippen LogP contribution in [-0.4, -0.2) is 52.6 Å². The highest BCUT2D eigenvalue weighted by atomic mass is 32.1. The molecule has 7 heteroatoms. The summed E-state index contributed by atoms with van der Waals surface area (Å²) in [6.07, 6.45) is 6.03. The van der Waals surface area contributed by atoms with E-state index in [4.69, 9.17) is 4.74 Å². The van der Waals surface area contributed by atoms with Crippen LogP contribution in [0.25, 0.3) is 10.2 Å². The molecule has 0 spiro atoms. The summed E-state index contributed by atoms with van der Waals surface area (Å²) in [5.41, 5.74) is 0.858. The van der Waals surface area contributed by atoms with Gasteiger partial charge >= 0.3 is 0 Å². The lowest BCUT2D eigenvalue weighted by Crippen LogP contribution is -2.65. The summed E-state index contributed by atoms with van der Waals surface area (Å²) >= 11 is 1.74. The van der Waals surface area contributed by atoms with Crippen molar-refractivity contribution >= 4 is 33.4 Å². The predicted octanol–water partition coefficient (Wildman–Crippen LogP) is 4.60. The number of rotatable bonds is 8. The molecular formula is C25H37N3O3S. The van der Waals surface area contributed by atoms with Crippen molar-refractivity contribution in [3.05, 3.63) is 22.7 Å². The van der Waals surface area contributed by atoms with E-state index >= 15 is 0 Å². The molecule has 3 heterocycles. The SMILES string of the molecule is CCOCCCN1C(=O)c2cc3sc(CC)cc3n2C[C@@]1(C)C(=O)NC1CCC(C)CC1. The fourth-order valence-electron chi connectivity index (χ4n) is 5.13. The molecule has 2 aliphatic rings. The van der Waals surface area contributed by atoms with Crippen molar-refractivity contribution < 1.29 is 14.3 Å². The third kappa shape index (κ3) is 4.34. The lowest BCUT2D eigenvalue weighted by Gasteiger charge is -2.45. The van der Waals surface area contributed by atoms with Crippen LogP contribution in [-0.2, 0) is 22.5 Å². The van der Waals surface area contributed by atoms with Gasteiger partial charge in [-0.15, -0.1) is 11.3 Å². The Balaban J connectivity index is 1.63. The molecule has 0 bridgehead atoms. The molecule has 1 aliphatic carbocycles. The molecule has 2 aromatic rings. The molecule has 0 radical (unpaired) electrons. The summed E-state index contributed by atoms with van der Waals surface area (Å²) in [7, 11) is 0. The fraction of sp³-hybridized carbons (Fsp3) is 0.680. The summed E-state index contributed by atoms with van der Waals surface area (Å²) in [4.78, 5) is 30.4. The minimum absolute atomic E-state index is 0.0275. The second-order valence-electron chi connectivity index (χ2n) is 9.64. The van der Waals surface area contributed by atoms with E-state index in [1.54, 1.807) is 16.2 Å². The van der Waals surface area contributed by atoms with Gasteiger partial charge in [-0.05, 0) is 70.4 Å². The molecule has 6 nitrogen and oxygen atoms in total. The Hall–Kier alpha value is -1.86. The number of hydrogen-bond acceptors (Lipinski definition) is 4. The number of fused-ring (bicyclic) bond motifs is 3. The summed E-state index contributed by atoms with van der Waals surface area (Å²) < 4.78 is 8.72. The van der Waals surface area contributed by atoms with E-state index in [9.17, 15) is 9.59 Å². The number of thiophene rings is 1. The topological polar surface area (TPSA) is 63.6 Å². The third-order valence-corrected chi connectivity index (χ3v) is 8.45. The standard InChI is InChI=1S/C25H37N3O3S/c1-5-19-14-20-22(32-19)15-21-23(29)28(12-7-13-31-6-2)25(4,16-27(20)21)24(30)26-18-10-8-17(3)9-11-18/h14-15,17-18H,5-13,16H2,1-4H3,(H,26,30)/t17?,18?,25-/m0/s1. The first-order valence-corrected chi connectivity index (χ1v) is 13.0. The van der Waals surface area contributed by atoms with Crippen LogP contribution < -0.4 is 5.32 Å². The maximum absolute atomic E-state index is 13.7. The molecular weight excluding hydrogens is 422 g/mol. The van der Waals surface area contributed by atoms with Gasteiger partial charge in [0.25, 0.3) is 5.91 Å². The van der Waals surface area contributed by atoms with Gasteiger partial charge in [0.2, 0.25) is 5.91 Å². The number of nitrogens with one attached hydrogen (secondary N) is 1. The summed E-state index contributed by atoms with van der Waals surface area (Å²) in [6, 6.07) is 4.40. The van der Waals surface area contributed by atoms with Crippen molar-refractivity contribution in [1.29, 1.82) is 0 Å². The van der Waals surface area contributed by atoms with Gasteiger partial charge in [0.1, 0.15) is 11.2 Å². The normalized spacial score (nSPS) is 25.9. The highest BCUT2D eigenvalue weighted by Crippen LogP contribution is 2.36. The van der Waals surface area contributed by atoms with E-state index in [-0.39, 0.29) is 17.9 Å². The Morgan fingerprint density at radius 2 is 2.00 bits per heavy atom. The van der Waals surface area contributed by atoms with Crippen LogP contribution >= 0.6 is 11.3 Å². The maximum atomic E-state index is 13.7. The molecule has 2 amide bonds. The van der Waals surface area contributed by atoms with Crippen LogP contribution in [0.2, 0.25) is 0 Å². The largest absolute Gasteiger partial charge is 0.382 e. The van der Waals surface area contributed by atoms with Crippen LogP contribution in [0.1, 0.15) is 75.2 Å². The maximum Gasteiger partial charge on any atom is 0.271 e. The molecule has 1 fully saturated rings. The van der Waals surface area contributed by atoms with E-state index in [2.05, 4.69) is 29.8 Å². The van der Waals surface area contributed by atoms with Crippen molar-refractivity contribution in [2.45, 2.75) is 84.3 Å². The first-order valence-electron chi connectivity index (χ1n) is 12.2. The molecule has 176 valence electrons. The second kappa shape index (κ2) is 9.56. The van der Waals surface area contributed by atoms with Gasteiger partial charge in [0, 0.05) is 30.7 Å². The smallest absolute Gasteiger partial charge is 0.271 e. The van der Waals surface area contributed by atoms with Gasteiger partial charge in [-0.1, -0.05) is 13.8 Å². The van der Waals surface area contributed by atoms with Gasteiger partial charge in [-0.25, -0.2) is 0 Å². The van der Waals surface area contributed by atoms with Crippen molar-refractivity contribution in [2.75, 3.05) is 19.8 Å². The highest BCUT2D eigenvalue weighted by molar-refractivity contribution is 7.19. The van der Waals surface area contributed by atoms with Crippen LogP contribution in [0.3, 0.4) is 0 Å². The minimum Gasteiger partial charge on any atom is -0.382 e. The van der Waals surface area contributed by atoms with Crippen molar-refractivity contribution in [2.24, 2.45) is 5.92 Å². The zero-order valence-corrected chi connectivity index (χ0v) is 20.7. The van der Waals surface area contributed by atoms with Gasteiger partial charge < -0.3 is 19.5 Å². The van der Waals surface area contributed by atoms with E-state index in [1.807, 2.05) is 19.9 Å². The van der Waals surface area contributed by atoms with E-state index in [1.165, 1.54) is 4.88 Å². The number of ether oxygens (including phenoxy) is 1. The van der Waals surface area contributed by atoms with Gasteiger partial charge in [-0.3, -0.25) is 9.59 Å². The van der Waals surface area contributed by atoms with Gasteiger partial charge in [0.15, 0.2) is 0 Å². The molecule has 0 unspecified atom stereocenters. The number of nitrogens with zero attached hydrogens (tertiary/aromatic N) is 2. The Labute approximate surface area is 195 Å². The highest BCUT2D eigenvalue weighted by Gasteiger charge is 2.48. The Morgan fingerprint density at radius 1 is 1.25 bits per heavy atom. The van der Waals surface area contributed by atoms with Crippen LogP contribution in [0, 0.1) is 5.92 Å². The average Bonchev–Trinajstić information content (AvgIpc) is 3.33. The van der Waals surface area contributed by atoms with E-state index in [0.717, 1.165) is 54.7 Å². The summed E-state index contributed by atoms with van der Waals surface area (Å²) in [5, 5.41) is 3.31. The van der Waals surface area contributed by atoms with E-state index < -0.39 is 5.54 Å². The molecule has 2 aromatic heterocycles. The Morgan fingerprint density at radius 3 is 2.69 bits per heavy atom.